The largest absolute Gasteiger partial charge is 0.598 e. The lowest BCUT2D eigenvalue weighted by Crippen LogP contribution is -2.56. The van der Waals surface area contributed by atoms with E-state index in [0.717, 1.165) is 18.4 Å². The molecule has 0 bridgehead atoms. The van der Waals surface area contributed by atoms with Crippen LogP contribution in [0.15, 0.2) is 12.2 Å². The number of rotatable bonds is 5. The SMILES string of the molecule is C=C(C)[C@@H](N[S+]([O-])C(C)(C)C)C1(NC(=O)O)CC1. The Labute approximate surface area is 111 Å². The standard InChI is InChI=1S/C12H22N2O3S/c1-8(2)9(14-18(17)11(3,4)5)12(6-7-12)13-10(15)16/h9,13-14H,1,6-7H2,2-5H3,(H,15,16)/t9-,18?/m1/s1. The van der Waals surface area contributed by atoms with Gasteiger partial charge in [-0.05, 0) is 40.5 Å². The summed E-state index contributed by atoms with van der Waals surface area (Å²) in [6, 6.07) is -0.298. The van der Waals surface area contributed by atoms with E-state index in [1.807, 2.05) is 27.7 Å². The number of carbonyl (C=O) groups is 1. The molecule has 3 N–H and O–H groups in total. The van der Waals surface area contributed by atoms with Crippen LogP contribution in [-0.2, 0) is 11.4 Å². The van der Waals surface area contributed by atoms with E-state index < -0.39 is 27.7 Å². The highest BCUT2D eigenvalue weighted by molar-refractivity contribution is 7.90. The average molecular weight is 274 g/mol. The van der Waals surface area contributed by atoms with E-state index in [4.69, 9.17) is 5.11 Å². The Hall–Kier alpha value is -0.720. The zero-order valence-corrected chi connectivity index (χ0v) is 12.2. The molecule has 1 unspecified atom stereocenters. The second kappa shape index (κ2) is 5.11. The summed E-state index contributed by atoms with van der Waals surface area (Å²) < 4.78 is 14.7. The van der Waals surface area contributed by atoms with Gasteiger partial charge in [0.1, 0.15) is 4.75 Å². The Morgan fingerprint density at radius 3 is 2.28 bits per heavy atom. The predicted octanol–water partition coefficient (Wildman–Crippen LogP) is 1.78. The number of hydrogen-bond acceptors (Lipinski definition) is 3. The highest BCUT2D eigenvalue weighted by Gasteiger charge is 2.53. The van der Waals surface area contributed by atoms with Gasteiger partial charge in [-0.15, -0.1) is 4.72 Å². The molecule has 0 saturated heterocycles. The third kappa shape index (κ3) is 3.63. The smallest absolute Gasteiger partial charge is 0.405 e. The van der Waals surface area contributed by atoms with Gasteiger partial charge >= 0.3 is 6.09 Å². The normalized spacial score (nSPS) is 20.9. The molecule has 0 spiro atoms. The Bertz CT molecular complexity index is 348. The predicted molar refractivity (Wildman–Crippen MR) is 72.8 cm³/mol. The summed E-state index contributed by atoms with van der Waals surface area (Å²) in [5.41, 5.74) is 0.248. The van der Waals surface area contributed by atoms with Gasteiger partial charge in [0.15, 0.2) is 0 Å². The second-order valence-electron chi connectivity index (χ2n) is 5.86. The van der Waals surface area contributed by atoms with Crippen molar-refractivity contribution in [2.24, 2.45) is 0 Å². The first kappa shape index (κ1) is 15.3. The molecule has 18 heavy (non-hydrogen) atoms. The molecule has 0 aromatic rings. The van der Waals surface area contributed by atoms with Gasteiger partial charge in [0, 0.05) is 11.4 Å². The Kier molecular flexibility index (Phi) is 4.35. The summed E-state index contributed by atoms with van der Waals surface area (Å²) in [6.07, 6.45) is 0.429. The van der Waals surface area contributed by atoms with Gasteiger partial charge in [0.25, 0.3) is 0 Å². The third-order valence-corrected chi connectivity index (χ3v) is 4.53. The van der Waals surface area contributed by atoms with Crippen LogP contribution in [0.3, 0.4) is 0 Å². The van der Waals surface area contributed by atoms with Crippen molar-refractivity contribution in [1.29, 1.82) is 0 Å². The maximum atomic E-state index is 12.1. The minimum Gasteiger partial charge on any atom is -0.598 e. The summed E-state index contributed by atoms with van der Waals surface area (Å²) in [6.45, 7) is 11.3. The molecule has 0 aliphatic heterocycles. The number of carboxylic acid groups (broad SMARTS) is 1. The summed E-state index contributed by atoms with van der Waals surface area (Å²) in [5, 5.41) is 11.4. The molecular formula is C12H22N2O3S. The molecule has 1 aliphatic rings. The van der Waals surface area contributed by atoms with E-state index >= 15 is 0 Å². The minimum absolute atomic E-state index is 0.298. The highest BCUT2D eigenvalue weighted by Crippen LogP contribution is 2.41. The van der Waals surface area contributed by atoms with Crippen LogP contribution < -0.4 is 10.0 Å². The van der Waals surface area contributed by atoms with Crippen molar-refractivity contribution in [3.05, 3.63) is 12.2 Å². The van der Waals surface area contributed by atoms with Crippen LogP contribution in [0.4, 0.5) is 4.79 Å². The van der Waals surface area contributed by atoms with Crippen LogP contribution >= 0.6 is 0 Å². The molecule has 5 nitrogen and oxygen atoms in total. The van der Waals surface area contributed by atoms with E-state index in [0.29, 0.717) is 0 Å². The Morgan fingerprint density at radius 1 is 1.50 bits per heavy atom. The summed E-state index contributed by atoms with van der Waals surface area (Å²) in [7, 11) is 0. The first-order chi connectivity index (χ1) is 8.08. The molecule has 1 fully saturated rings. The molecule has 1 rings (SSSR count). The van der Waals surface area contributed by atoms with Crippen LogP contribution in [-0.4, -0.2) is 32.1 Å². The molecule has 1 amide bonds. The van der Waals surface area contributed by atoms with Gasteiger partial charge < -0.3 is 15.0 Å². The van der Waals surface area contributed by atoms with Gasteiger partial charge in [0.05, 0.1) is 11.6 Å². The second-order valence-corrected chi connectivity index (χ2v) is 7.86. The lowest BCUT2D eigenvalue weighted by molar-refractivity contribution is 0.186. The zero-order chi connectivity index (χ0) is 14.1. The Morgan fingerprint density at radius 2 is 2.00 bits per heavy atom. The van der Waals surface area contributed by atoms with Gasteiger partial charge in [-0.2, -0.15) is 0 Å². The quantitative estimate of drug-likeness (QED) is 0.527. The van der Waals surface area contributed by atoms with Crippen LogP contribution in [0.5, 0.6) is 0 Å². The molecule has 0 radical (unpaired) electrons. The van der Waals surface area contributed by atoms with Gasteiger partial charge in [-0.1, -0.05) is 12.2 Å². The van der Waals surface area contributed by atoms with E-state index in [-0.39, 0.29) is 6.04 Å². The highest BCUT2D eigenvalue weighted by atomic mass is 32.2. The molecule has 0 heterocycles. The van der Waals surface area contributed by atoms with Crippen LogP contribution in [0.25, 0.3) is 0 Å². The van der Waals surface area contributed by atoms with E-state index in [1.54, 1.807) is 0 Å². The van der Waals surface area contributed by atoms with Gasteiger partial charge in [0.2, 0.25) is 0 Å². The van der Waals surface area contributed by atoms with E-state index in [9.17, 15) is 9.35 Å². The molecule has 2 atom stereocenters. The fraction of sp³-hybridized carbons (Fsp3) is 0.750. The number of nitrogens with one attached hydrogen (secondary N) is 2. The lowest BCUT2D eigenvalue weighted by atomic mass is 10.0. The first-order valence-corrected chi connectivity index (χ1v) is 7.08. The fourth-order valence-electron chi connectivity index (χ4n) is 1.80. The number of amides is 1. The summed E-state index contributed by atoms with van der Waals surface area (Å²) in [4.78, 5) is 10.8. The van der Waals surface area contributed by atoms with Crippen molar-refractivity contribution >= 4 is 17.5 Å². The average Bonchev–Trinajstić information content (AvgIpc) is 2.91. The van der Waals surface area contributed by atoms with Crippen molar-refractivity contribution in [2.45, 2.75) is 56.9 Å². The van der Waals surface area contributed by atoms with Crippen LogP contribution in [0, 0.1) is 0 Å². The summed E-state index contributed by atoms with van der Waals surface area (Å²) in [5.74, 6) is 0. The van der Waals surface area contributed by atoms with Crippen LogP contribution in [0.2, 0.25) is 0 Å². The lowest BCUT2D eigenvalue weighted by Gasteiger charge is -2.32. The van der Waals surface area contributed by atoms with Crippen molar-refractivity contribution in [3.8, 4) is 0 Å². The molecule has 1 aliphatic carbocycles. The molecular weight excluding hydrogens is 252 g/mol. The Balaban J connectivity index is 2.79. The van der Waals surface area contributed by atoms with Gasteiger partial charge in [-0.25, -0.2) is 4.79 Å². The molecule has 0 aromatic heterocycles. The first-order valence-electron chi connectivity index (χ1n) is 5.93. The minimum atomic E-state index is -1.25. The molecule has 0 aromatic carbocycles. The molecule has 1 saturated carbocycles. The number of hydrogen-bond donors (Lipinski definition) is 3. The molecule has 6 heteroatoms. The topological polar surface area (TPSA) is 84.4 Å². The van der Waals surface area contributed by atoms with Crippen LogP contribution in [0.1, 0.15) is 40.5 Å². The van der Waals surface area contributed by atoms with Crippen molar-refractivity contribution in [2.75, 3.05) is 0 Å². The monoisotopic (exact) mass is 274 g/mol. The van der Waals surface area contributed by atoms with Gasteiger partial charge in [-0.3, -0.25) is 0 Å². The zero-order valence-electron chi connectivity index (χ0n) is 11.4. The maximum absolute atomic E-state index is 12.1. The molecule has 104 valence electrons. The van der Waals surface area contributed by atoms with Crippen molar-refractivity contribution < 1.29 is 14.5 Å². The van der Waals surface area contributed by atoms with Crippen molar-refractivity contribution in [3.63, 3.8) is 0 Å². The fourth-order valence-corrected chi connectivity index (χ4v) is 2.80. The van der Waals surface area contributed by atoms with E-state index in [1.165, 1.54) is 0 Å². The van der Waals surface area contributed by atoms with E-state index in [2.05, 4.69) is 16.6 Å². The summed E-state index contributed by atoms with van der Waals surface area (Å²) >= 11 is -1.25. The maximum Gasteiger partial charge on any atom is 0.405 e. The third-order valence-electron chi connectivity index (χ3n) is 2.97. The van der Waals surface area contributed by atoms with Crippen molar-refractivity contribution in [1.82, 2.24) is 10.0 Å².